The van der Waals surface area contributed by atoms with Gasteiger partial charge in [0.05, 0.1) is 6.04 Å². The van der Waals surface area contributed by atoms with E-state index in [1.165, 1.54) is 6.92 Å². The zero-order chi connectivity index (χ0) is 10.2. The van der Waals surface area contributed by atoms with Gasteiger partial charge in [0.1, 0.15) is 5.78 Å². The predicted molar refractivity (Wildman–Crippen MR) is 45.8 cm³/mol. The summed E-state index contributed by atoms with van der Waals surface area (Å²) >= 11 is 0. The average molecular weight is 191 g/mol. The van der Waals surface area contributed by atoms with E-state index < -0.39 is 17.9 Å². The van der Waals surface area contributed by atoms with Crippen LogP contribution in [0.3, 0.4) is 0 Å². The molecule has 0 bridgehead atoms. The Bertz CT molecular complexity index is 212. The van der Waals surface area contributed by atoms with Crippen LogP contribution in [0.2, 0.25) is 0 Å². The highest BCUT2D eigenvalue weighted by atomic mass is 19.3. The summed E-state index contributed by atoms with van der Waals surface area (Å²) in [7, 11) is 1.72. The number of rotatable bonds is 2. The zero-order valence-corrected chi connectivity index (χ0v) is 8.18. The molecule has 0 aromatic rings. The van der Waals surface area contributed by atoms with Crippen LogP contribution in [0.1, 0.15) is 20.3 Å². The second-order valence-electron chi connectivity index (χ2n) is 3.89. The molecule has 4 heteroatoms. The number of ketones is 1. The molecule has 13 heavy (non-hydrogen) atoms. The van der Waals surface area contributed by atoms with Crippen LogP contribution >= 0.6 is 0 Å². The number of nitrogens with zero attached hydrogens (tertiary/aromatic N) is 1. The van der Waals surface area contributed by atoms with Gasteiger partial charge in [-0.1, -0.05) is 0 Å². The van der Waals surface area contributed by atoms with E-state index in [2.05, 4.69) is 0 Å². The molecule has 1 saturated heterocycles. The van der Waals surface area contributed by atoms with E-state index in [0.29, 0.717) is 13.0 Å². The molecule has 1 aliphatic rings. The first-order chi connectivity index (χ1) is 5.84. The van der Waals surface area contributed by atoms with Crippen molar-refractivity contribution in [3.05, 3.63) is 0 Å². The van der Waals surface area contributed by atoms with E-state index in [1.54, 1.807) is 11.9 Å². The molecule has 0 aliphatic carbocycles. The molecule has 76 valence electrons. The first-order valence-corrected chi connectivity index (χ1v) is 4.42. The number of hydrogen-bond acceptors (Lipinski definition) is 2. The van der Waals surface area contributed by atoms with E-state index in [9.17, 15) is 13.6 Å². The lowest BCUT2D eigenvalue weighted by molar-refractivity contribution is -0.127. The molecule has 1 heterocycles. The maximum Gasteiger partial charge on any atom is 0.250 e. The Morgan fingerprint density at radius 3 is 2.38 bits per heavy atom. The standard InChI is InChI=1S/C9H15F2NO/c1-6(13)8-7(9(2,10)11)4-5-12(8)3/h7-8H,4-5H2,1-3H3. The molecule has 1 fully saturated rings. The Kier molecular flexibility index (Phi) is 2.71. The Labute approximate surface area is 76.9 Å². The Balaban J connectivity index is 2.82. The Hall–Kier alpha value is -0.510. The molecule has 1 rings (SSSR count). The monoisotopic (exact) mass is 191 g/mol. The van der Waals surface area contributed by atoms with Crippen LogP contribution in [0.25, 0.3) is 0 Å². The molecule has 2 nitrogen and oxygen atoms in total. The molecular formula is C9H15F2NO. The minimum atomic E-state index is -2.75. The van der Waals surface area contributed by atoms with Gasteiger partial charge in [-0.05, 0) is 33.9 Å². The molecule has 0 saturated carbocycles. The fraction of sp³-hybridized carbons (Fsp3) is 0.889. The SMILES string of the molecule is CC(=O)C1C(C(C)(F)F)CCN1C. The van der Waals surface area contributed by atoms with Crippen molar-refractivity contribution in [1.29, 1.82) is 0 Å². The van der Waals surface area contributed by atoms with Gasteiger partial charge in [0.25, 0.3) is 0 Å². The van der Waals surface area contributed by atoms with Gasteiger partial charge < -0.3 is 0 Å². The smallest absolute Gasteiger partial charge is 0.250 e. The topological polar surface area (TPSA) is 20.3 Å². The van der Waals surface area contributed by atoms with Crippen molar-refractivity contribution in [3.63, 3.8) is 0 Å². The second kappa shape index (κ2) is 3.33. The van der Waals surface area contributed by atoms with Crippen LogP contribution in [-0.4, -0.2) is 36.2 Å². The minimum absolute atomic E-state index is 0.161. The number of likely N-dealkylation sites (N-methyl/N-ethyl adjacent to an activating group) is 1. The van der Waals surface area contributed by atoms with Crippen LogP contribution in [-0.2, 0) is 4.79 Å². The fourth-order valence-corrected chi connectivity index (χ4v) is 2.07. The molecule has 2 atom stereocenters. The lowest BCUT2D eigenvalue weighted by Gasteiger charge is -2.26. The van der Waals surface area contributed by atoms with E-state index in [-0.39, 0.29) is 5.78 Å². The number of alkyl halides is 2. The van der Waals surface area contributed by atoms with Crippen molar-refractivity contribution in [3.8, 4) is 0 Å². The van der Waals surface area contributed by atoms with Gasteiger partial charge in [-0.15, -0.1) is 0 Å². The van der Waals surface area contributed by atoms with Crippen LogP contribution in [0.15, 0.2) is 0 Å². The summed E-state index contributed by atoms with van der Waals surface area (Å²) in [6.45, 7) is 2.86. The summed E-state index contributed by atoms with van der Waals surface area (Å²) in [6, 6.07) is -0.597. The lowest BCUT2D eigenvalue weighted by Crippen LogP contribution is -2.42. The van der Waals surface area contributed by atoms with Crippen LogP contribution in [0.5, 0.6) is 0 Å². The Morgan fingerprint density at radius 1 is 1.54 bits per heavy atom. The zero-order valence-electron chi connectivity index (χ0n) is 8.18. The largest absolute Gasteiger partial charge is 0.298 e. The van der Waals surface area contributed by atoms with Gasteiger partial charge in [0, 0.05) is 5.92 Å². The third kappa shape index (κ3) is 2.05. The number of hydrogen-bond donors (Lipinski definition) is 0. The van der Waals surface area contributed by atoms with Crippen molar-refractivity contribution in [1.82, 2.24) is 4.90 Å². The van der Waals surface area contributed by atoms with Gasteiger partial charge in [-0.25, -0.2) is 8.78 Å². The number of carbonyl (C=O) groups excluding carboxylic acids is 1. The summed E-state index contributed by atoms with van der Waals surface area (Å²) < 4.78 is 26.1. The first kappa shape index (κ1) is 10.6. The van der Waals surface area contributed by atoms with Crippen molar-refractivity contribution in [2.24, 2.45) is 5.92 Å². The van der Waals surface area contributed by atoms with Crippen molar-refractivity contribution < 1.29 is 13.6 Å². The van der Waals surface area contributed by atoms with Crippen molar-refractivity contribution in [2.45, 2.75) is 32.2 Å². The molecule has 0 N–H and O–H groups in total. The third-order valence-corrected chi connectivity index (χ3v) is 2.72. The maximum absolute atomic E-state index is 13.0. The normalized spacial score (nSPS) is 30.8. The number of halogens is 2. The highest BCUT2D eigenvalue weighted by Crippen LogP contribution is 2.36. The highest BCUT2D eigenvalue weighted by molar-refractivity contribution is 5.82. The summed E-state index contributed by atoms with van der Waals surface area (Å²) in [4.78, 5) is 12.9. The van der Waals surface area contributed by atoms with Crippen LogP contribution in [0, 0.1) is 5.92 Å². The van der Waals surface area contributed by atoms with Gasteiger partial charge in [0.2, 0.25) is 5.92 Å². The van der Waals surface area contributed by atoms with Crippen LogP contribution < -0.4 is 0 Å². The number of Topliss-reactive ketones (excluding diaryl/α,β-unsaturated/α-hetero) is 1. The van der Waals surface area contributed by atoms with Crippen molar-refractivity contribution in [2.75, 3.05) is 13.6 Å². The molecule has 0 aromatic heterocycles. The van der Waals surface area contributed by atoms with Gasteiger partial charge in [-0.2, -0.15) is 0 Å². The second-order valence-corrected chi connectivity index (χ2v) is 3.89. The molecule has 1 aliphatic heterocycles. The van der Waals surface area contributed by atoms with Crippen LogP contribution in [0.4, 0.5) is 8.78 Å². The first-order valence-electron chi connectivity index (χ1n) is 4.42. The summed E-state index contributed by atoms with van der Waals surface area (Å²) in [6.07, 6.45) is 0.407. The molecule has 0 aromatic carbocycles. The molecule has 0 amide bonds. The van der Waals surface area contributed by atoms with E-state index in [1.807, 2.05) is 0 Å². The van der Waals surface area contributed by atoms with Gasteiger partial charge in [0.15, 0.2) is 0 Å². The fourth-order valence-electron chi connectivity index (χ4n) is 2.07. The minimum Gasteiger partial charge on any atom is -0.298 e. The predicted octanol–water partition coefficient (Wildman–Crippen LogP) is 1.55. The average Bonchev–Trinajstić information content (AvgIpc) is 2.28. The molecule has 0 radical (unpaired) electrons. The maximum atomic E-state index is 13.0. The summed E-state index contributed by atoms with van der Waals surface area (Å²) in [5.74, 6) is -3.72. The van der Waals surface area contributed by atoms with E-state index in [4.69, 9.17) is 0 Å². The number of carbonyl (C=O) groups is 1. The van der Waals surface area contributed by atoms with E-state index >= 15 is 0 Å². The molecular weight excluding hydrogens is 176 g/mol. The molecule has 2 unspecified atom stereocenters. The lowest BCUT2D eigenvalue weighted by atomic mass is 9.92. The quantitative estimate of drug-likeness (QED) is 0.660. The number of likely N-dealkylation sites (tertiary alicyclic amines) is 1. The third-order valence-electron chi connectivity index (χ3n) is 2.72. The highest BCUT2D eigenvalue weighted by Gasteiger charge is 2.47. The summed E-state index contributed by atoms with van der Waals surface area (Å²) in [5, 5.41) is 0. The van der Waals surface area contributed by atoms with E-state index in [0.717, 1.165) is 6.92 Å². The molecule has 0 spiro atoms. The van der Waals surface area contributed by atoms with Gasteiger partial charge in [-0.3, -0.25) is 9.69 Å². The Morgan fingerprint density at radius 2 is 2.08 bits per heavy atom. The van der Waals surface area contributed by atoms with Gasteiger partial charge >= 0.3 is 0 Å². The summed E-state index contributed by atoms with van der Waals surface area (Å²) in [5.41, 5.74) is 0. The van der Waals surface area contributed by atoms with Crippen molar-refractivity contribution >= 4 is 5.78 Å².